The van der Waals surface area contributed by atoms with Crippen LogP contribution >= 0.6 is 12.4 Å². The van der Waals surface area contributed by atoms with E-state index in [-0.39, 0.29) is 29.3 Å². The van der Waals surface area contributed by atoms with Crippen molar-refractivity contribution in [1.82, 2.24) is 9.62 Å². The number of ether oxygens (including phenoxy) is 1. The van der Waals surface area contributed by atoms with Gasteiger partial charge in [-0.3, -0.25) is 4.79 Å². The predicted octanol–water partition coefficient (Wildman–Crippen LogP) is 1.91. The van der Waals surface area contributed by atoms with Crippen molar-refractivity contribution >= 4 is 34.0 Å². The fraction of sp³-hybridized carbons (Fsp3) is 0.611. The molecule has 2 saturated heterocycles. The summed E-state index contributed by atoms with van der Waals surface area (Å²) in [5, 5.41) is 6.05. The number of carbonyl (C=O) groups is 1. The minimum Gasteiger partial charge on any atom is -0.378 e. The number of sulfonamides is 1. The van der Waals surface area contributed by atoms with Crippen LogP contribution in [0, 0.1) is 6.92 Å². The van der Waals surface area contributed by atoms with E-state index in [0.717, 1.165) is 25.8 Å². The van der Waals surface area contributed by atoms with Crippen LogP contribution in [0.25, 0.3) is 0 Å². The number of morpholine rings is 1. The number of halogens is 1. The molecule has 0 saturated carbocycles. The van der Waals surface area contributed by atoms with Crippen LogP contribution in [0.2, 0.25) is 0 Å². The Labute approximate surface area is 167 Å². The van der Waals surface area contributed by atoms with E-state index in [9.17, 15) is 13.2 Å². The van der Waals surface area contributed by atoms with Crippen molar-refractivity contribution in [3.63, 3.8) is 0 Å². The molecule has 0 spiro atoms. The number of benzene rings is 1. The Hall–Kier alpha value is -1.19. The second-order valence-corrected chi connectivity index (χ2v) is 8.83. The zero-order valence-corrected chi connectivity index (χ0v) is 17.2. The van der Waals surface area contributed by atoms with Crippen LogP contribution in [0.15, 0.2) is 23.1 Å². The molecule has 0 aliphatic carbocycles. The highest BCUT2D eigenvalue weighted by molar-refractivity contribution is 7.89. The van der Waals surface area contributed by atoms with E-state index in [1.165, 1.54) is 0 Å². The molecule has 1 aromatic carbocycles. The van der Waals surface area contributed by atoms with Gasteiger partial charge >= 0.3 is 0 Å². The van der Waals surface area contributed by atoms with Crippen molar-refractivity contribution < 1.29 is 17.9 Å². The van der Waals surface area contributed by atoms with Gasteiger partial charge in [-0.2, -0.15) is 4.31 Å². The monoisotopic (exact) mass is 417 g/mol. The molecule has 152 valence electrons. The lowest BCUT2D eigenvalue weighted by atomic mass is 10.1. The maximum Gasteiger partial charge on any atom is 0.243 e. The second-order valence-electron chi connectivity index (χ2n) is 6.92. The van der Waals surface area contributed by atoms with Crippen molar-refractivity contribution in [1.29, 1.82) is 0 Å². The zero-order chi connectivity index (χ0) is 18.6. The van der Waals surface area contributed by atoms with E-state index in [0.29, 0.717) is 44.0 Å². The van der Waals surface area contributed by atoms with Gasteiger partial charge in [-0.1, -0.05) is 12.5 Å². The number of aryl methyl sites for hydroxylation is 1. The lowest BCUT2D eigenvalue weighted by Gasteiger charge is -2.27. The van der Waals surface area contributed by atoms with E-state index in [1.54, 1.807) is 29.4 Å². The van der Waals surface area contributed by atoms with E-state index in [2.05, 4.69) is 10.6 Å². The first-order valence-electron chi connectivity index (χ1n) is 9.18. The smallest absolute Gasteiger partial charge is 0.243 e. The van der Waals surface area contributed by atoms with Gasteiger partial charge in [-0.25, -0.2) is 8.42 Å². The summed E-state index contributed by atoms with van der Waals surface area (Å²) < 4.78 is 32.8. The largest absolute Gasteiger partial charge is 0.378 e. The Bertz CT molecular complexity index is 745. The van der Waals surface area contributed by atoms with Crippen LogP contribution < -0.4 is 10.6 Å². The molecule has 0 bridgehead atoms. The number of carbonyl (C=O) groups excluding carboxylic acids is 1. The van der Waals surface area contributed by atoms with Gasteiger partial charge in [0.25, 0.3) is 0 Å². The number of piperidine rings is 1. The standard InChI is InChI=1S/C18H27N3O4S.ClH/c1-14-5-6-15(20-18(22)12-16-13-25-10-7-19-16)11-17(14)26(23,24)21-8-3-2-4-9-21;/h5-6,11,16,19H,2-4,7-10,12-13H2,1H3,(H,20,22);1H. The average Bonchev–Trinajstić information content (AvgIpc) is 2.64. The normalized spacial score (nSPS) is 21.3. The topological polar surface area (TPSA) is 87.7 Å². The maximum atomic E-state index is 12.9. The first-order chi connectivity index (χ1) is 12.5. The van der Waals surface area contributed by atoms with E-state index < -0.39 is 10.0 Å². The van der Waals surface area contributed by atoms with E-state index in [4.69, 9.17) is 4.74 Å². The summed E-state index contributed by atoms with van der Waals surface area (Å²) in [6.45, 7) is 4.81. The fourth-order valence-electron chi connectivity index (χ4n) is 3.39. The minimum absolute atomic E-state index is 0. The van der Waals surface area contributed by atoms with Crippen molar-refractivity contribution in [2.24, 2.45) is 0 Å². The Morgan fingerprint density at radius 1 is 1.30 bits per heavy atom. The molecule has 9 heteroatoms. The van der Waals surface area contributed by atoms with Gasteiger partial charge in [0.2, 0.25) is 15.9 Å². The molecule has 1 aromatic rings. The molecular weight excluding hydrogens is 390 g/mol. The van der Waals surface area contributed by atoms with Gasteiger partial charge in [0.15, 0.2) is 0 Å². The predicted molar refractivity (Wildman–Crippen MR) is 107 cm³/mol. The summed E-state index contributed by atoms with van der Waals surface area (Å²) in [5.74, 6) is -0.154. The maximum absolute atomic E-state index is 12.9. The fourth-order valence-corrected chi connectivity index (χ4v) is 5.15. The molecule has 2 N–H and O–H groups in total. The van der Waals surface area contributed by atoms with Crippen LogP contribution in [-0.4, -0.2) is 57.5 Å². The highest BCUT2D eigenvalue weighted by Gasteiger charge is 2.27. The van der Waals surface area contributed by atoms with Gasteiger partial charge in [0, 0.05) is 37.8 Å². The van der Waals surface area contributed by atoms with Crippen molar-refractivity contribution in [3.05, 3.63) is 23.8 Å². The number of hydrogen-bond donors (Lipinski definition) is 2. The van der Waals surface area contributed by atoms with E-state index >= 15 is 0 Å². The second kappa shape index (κ2) is 9.84. The molecule has 2 aliphatic rings. The number of nitrogens with zero attached hydrogens (tertiary/aromatic N) is 1. The quantitative estimate of drug-likeness (QED) is 0.764. The number of nitrogens with one attached hydrogen (secondary N) is 2. The third-order valence-corrected chi connectivity index (χ3v) is 6.88. The number of anilines is 1. The Morgan fingerprint density at radius 2 is 2.04 bits per heavy atom. The van der Waals surface area contributed by atoms with Gasteiger partial charge in [0.05, 0.1) is 18.1 Å². The van der Waals surface area contributed by atoms with Gasteiger partial charge < -0.3 is 15.4 Å². The Kier molecular flexibility index (Phi) is 8.05. The summed E-state index contributed by atoms with van der Waals surface area (Å²) >= 11 is 0. The van der Waals surface area contributed by atoms with Crippen LogP contribution in [0.1, 0.15) is 31.2 Å². The molecule has 7 nitrogen and oxygen atoms in total. The molecular formula is C18H28ClN3O4S. The summed E-state index contributed by atoms with van der Waals surface area (Å²) in [6, 6.07) is 5.05. The highest BCUT2D eigenvalue weighted by atomic mass is 35.5. The molecule has 1 atom stereocenters. The summed E-state index contributed by atoms with van der Waals surface area (Å²) in [6.07, 6.45) is 3.15. The zero-order valence-electron chi connectivity index (χ0n) is 15.6. The highest BCUT2D eigenvalue weighted by Crippen LogP contribution is 2.26. The molecule has 2 heterocycles. The van der Waals surface area contributed by atoms with Gasteiger partial charge in [0.1, 0.15) is 0 Å². The summed E-state index contributed by atoms with van der Waals surface area (Å²) in [5.41, 5.74) is 1.20. The lowest BCUT2D eigenvalue weighted by Crippen LogP contribution is -2.43. The lowest BCUT2D eigenvalue weighted by molar-refractivity contribution is -0.117. The van der Waals surface area contributed by atoms with Crippen molar-refractivity contribution in [2.75, 3.05) is 38.2 Å². The molecule has 1 unspecified atom stereocenters. The number of rotatable bonds is 5. The Morgan fingerprint density at radius 3 is 2.70 bits per heavy atom. The average molecular weight is 418 g/mol. The van der Waals surface area contributed by atoms with Crippen LogP contribution in [0.5, 0.6) is 0 Å². The summed E-state index contributed by atoms with van der Waals surface area (Å²) in [4.78, 5) is 12.5. The van der Waals surface area contributed by atoms with Crippen LogP contribution in [0.3, 0.4) is 0 Å². The van der Waals surface area contributed by atoms with Gasteiger partial charge in [-0.05, 0) is 37.5 Å². The SMILES string of the molecule is Cc1ccc(NC(=O)CC2COCCN2)cc1S(=O)(=O)N1CCCCC1.Cl. The molecule has 2 fully saturated rings. The molecule has 0 radical (unpaired) electrons. The van der Waals surface area contributed by atoms with E-state index in [1.807, 2.05) is 0 Å². The molecule has 27 heavy (non-hydrogen) atoms. The van der Waals surface area contributed by atoms with Crippen molar-refractivity contribution in [3.8, 4) is 0 Å². The van der Waals surface area contributed by atoms with Gasteiger partial charge in [-0.15, -0.1) is 12.4 Å². The van der Waals surface area contributed by atoms with Crippen molar-refractivity contribution in [2.45, 2.75) is 43.5 Å². The first kappa shape index (κ1) is 22.1. The Balaban J connectivity index is 0.00000261. The molecule has 3 rings (SSSR count). The van der Waals surface area contributed by atoms with Crippen LogP contribution in [-0.2, 0) is 19.6 Å². The summed E-state index contributed by atoms with van der Waals surface area (Å²) in [7, 11) is -3.53. The third-order valence-electron chi connectivity index (χ3n) is 4.84. The first-order valence-corrected chi connectivity index (χ1v) is 10.6. The molecule has 1 amide bonds. The van der Waals surface area contributed by atoms with Crippen LogP contribution in [0.4, 0.5) is 5.69 Å². The number of hydrogen-bond acceptors (Lipinski definition) is 5. The molecule has 0 aromatic heterocycles. The molecule has 2 aliphatic heterocycles. The third kappa shape index (κ3) is 5.65. The number of amides is 1. The minimum atomic E-state index is -3.53.